The Bertz CT molecular complexity index is 353. The summed E-state index contributed by atoms with van der Waals surface area (Å²) < 4.78 is 0. The van der Waals surface area contributed by atoms with Gasteiger partial charge in [0.05, 0.1) is 0 Å². The summed E-state index contributed by atoms with van der Waals surface area (Å²) in [5.74, 6) is 0.256. The summed E-state index contributed by atoms with van der Waals surface area (Å²) in [7, 11) is 0. The lowest BCUT2D eigenvalue weighted by Crippen LogP contribution is -2.03. The van der Waals surface area contributed by atoms with Crippen molar-refractivity contribution in [3.05, 3.63) is 34.9 Å². The molecule has 0 aliphatic rings. The molecule has 0 radical (unpaired) electrons. The Morgan fingerprint density at radius 3 is 2.39 bits per heavy atom. The molecule has 0 bridgehead atoms. The molecule has 1 aromatic rings. The third-order valence-corrected chi connectivity index (χ3v) is 2.98. The molecular formula is C17H28O. The number of rotatable bonds is 6. The number of benzene rings is 1. The summed E-state index contributed by atoms with van der Waals surface area (Å²) in [4.78, 5) is 11.2. The van der Waals surface area contributed by atoms with E-state index in [0.717, 1.165) is 6.42 Å². The molecule has 0 atom stereocenters. The maximum Gasteiger partial charge on any atom is 0.134 e. The van der Waals surface area contributed by atoms with E-state index >= 15 is 0 Å². The van der Waals surface area contributed by atoms with E-state index in [-0.39, 0.29) is 5.78 Å². The largest absolute Gasteiger partial charge is 0.300 e. The first-order valence-electron chi connectivity index (χ1n) is 7.22. The number of unbranched alkanes of at least 4 members (excludes halogenated alkanes) is 2. The summed E-state index contributed by atoms with van der Waals surface area (Å²) in [6.07, 6.45) is 5.44. The number of carbonyl (C=O) groups excluding carboxylic acids is 1. The van der Waals surface area contributed by atoms with Gasteiger partial charge in [0.25, 0.3) is 0 Å². The summed E-state index contributed by atoms with van der Waals surface area (Å²) in [6, 6.07) is 6.36. The standard InChI is InChI=1S/C15H22O.C2H6/c1-4-5-6-9-14-10-7-8-12(2)15(14)11-13(3)16;1-2/h7-8,10H,4-6,9,11H2,1-3H3;1-2H3. The first-order valence-corrected chi connectivity index (χ1v) is 7.22. The molecule has 0 aliphatic heterocycles. The van der Waals surface area contributed by atoms with E-state index in [9.17, 15) is 4.79 Å². The van der Waals surface area contributed by atoms with Gasteiger partial charge < -0.3 is 0 Å². The SMILES string of the molecule is CC.CCCCCc1cccc(C)c1CC(C)=O. The van der Waals surface area contributed by atoms with Crippen molar-refractivity contribution < 1.29 is 4.79 Å². The zero-order chi connectivity index (χ0) is 14.0. The van der Waals surface area contributed by atoms with E-state index in [1.807, 2.05) is 13.8 Å². The molecule has 0 amide bonds. The molecular weight excluding hydrogens is 220 g/mol. The van der Waals surface area contributed by atoms with Gasteiger partial charge >= 0.3 is 0 Å². The van der Waals surface area contributed by atoms with Crippen LogP contribution in [0.4, 0.5) is 0 Å². The van der Waals surface area contributed by atoms with Gasteiger partial charge in [-0.1, -0.05) is 51.8 Å². The maximum absolute atomic E-state index is 11.2. The van der Waals surface area contributed by atoms with Crippen LogP contribution in [-0.4, -0.2) is 5.78 Å². The zero-order valence-corrected chi connectivity index (χ0v) is 12.7. The van der Waals surface area contributed by atoms with Gasteiger partial charge in [-0.3, -0.25) is 4.79 Å². The van der Waals surface area contributed by atoms with Crippen molar-refractivity contribution in [1.82, 2.24) is 0 Å². The van der Waals surface area contributed by atoms with Crippen LogP contribution >= 0.6 is 0 Å². The molecule has 0 aliphatic carbocycles. The van der Waals surface area contributed by atoms with E-state index in [1.54, 1.807) is 6.92 Å². The summed E-state index contributed by atoms with van der Waals surface area (Å²) >= 11 is 0. The van der Waals surface area contributed by atoms with E-state index < -0.39 is 0 Å². The normalized spacial score (nSPS) is 9.61. The Hall–Kier alpha value is -1.11. The second-order valence-electron chi connectivity index (χ2n) is 4.55. The molecule has 0 heterocycles. The van der Waals surface area contributed by atoms with Gasteiger partial charge in [0, 0.05) is 6.42 Å². The molecule has 18 heavy (non-hydrogen) atoms. The Labute approximate surface area is 113 Å². The van der Waals surface area contributed by atoms with E-state index in [4.69, 9.17) is 0 Å². The zero-order valence-electron chi connectivity index (χ0n) is 12.7. The lowest BCUT2D eigenvalue weighted by Gasteiger charge is -2.11. The fraction of sp³-hybridized carbons (Fsp3) is 0.588. The number of carbonyl (C=O) groups is 1. The first-order chi connectivity index (χ1) is 8.65. The molecule has 0 fully saturated rings. The molecule has 1 heteroatoms. The highest BCUT2D eigenvalue weighted by Gasteiger charge is 2.07. The molecule has 0 unspecified atom stereocenters. The van der Waals surface area contributed by atoms with Crippen molar-refractivity contribution in [3.8, 4) is 0 Å². The van der Waals surface area contributed by atoms with Crippen LogP contribution in [0.2, 0.25) is 0 Å². The van der Waals surface area contributed by atoms with Crippen molar-refractivity contribution >= 4 is 5.78 Å². The van der Waals surface area contributed by atoms with Crippen LogP contribution in [0.5, 0.6) is 0 Å². The van der Waals surface area contributed by atoms with Crippen molar-refractivity contribution in [2.24, 2.45) is 0 Å². The van der Waals surface area contributed by atoms with Gasteiger partial charge in [0.1, 0.15) is 5.78 Å². The van der Waals surface area contributed by atoms with Crippen LogP contribution in [0.25, 0.3) is 0 Å². The fourth-order valence-corrected chi connectivity index (χ4v) is 2.06. The quantitative estimate of drug-likeness (QED) is 0.655. The minimum Gasteiger partial charge on any atom is -0.300 e. The van der Waals surface area contributed by atoms with Crippen LogP contribution in [-0.2, 0) is 17.6 Å². The molecule has 0 saturated heterocycles. The predicted molar refractivity (Wildman–Crippen MR) is 80.1 cm³/mol. The molecule has 0 saturated carbocycles. The molecule has 1 nitrogen and oxygen atoms in total. The lowest BCUT2D eigenvalue weighted by atomic mass is 9.94. The van der Waals surface area contributed by atoms with Crippen LogP contribution in [0.1, 0.15) is 63.6 Å². The summed E-state index contributed by atoms with van der Waals surface area (Å²) in [6.45, 7) is 9.98. The van der Waals surface area contributed by atoms with Crippen molar-refractivity contribution in [1.29, 1.82) is 0 Å². The highest BCUT2D eigenvalue weighted by molar-refractivity contribution is 5.79. The van der Waals surface area contributed by atoms with E-state index in [2.05, 4.69) is 32.0 Å². The molecule has 0 aromatic heterocycles. The number of hydrogen-bond acceptors (Lipinski definition) is 1. The average Bonchev–Trinajstić information content (AvgIpc) is 2.36. The summed E-state index contributed by atoms with van der Waals surface area (Å²) in [5.41, 5.74) is 3.87. The maximum atomic E-state index is 11.2. The number of ketones is 1. The Kier molecular flexibility index (Phi) is 9.26. The Balaban J connectivity index is 0.00000137. The van der Waals surface area contributed by atoms with Crippen molar-refractivity contribution in [3.63, 3.8) is 0 Å². The van der Waals surface area contributed by atoms with Crippen LogP contribution < -0.4 is 0 Å². The van der Waals surface area contributed by atoms with Crippen molar-refractivity contribution in [2.45, 2.75) is 66.7 Å². The third-order valence-electron chi connectivity index (χ3n) is 2.98. The minimum absolute atomic E-state index is 0.256. The highest BCUT2D eigenvalue weighted by Crippen LogP contribution is 2.18. The fourth-order valence-electron chi connectivity index (χ4n) is 2.06. The van der Waals surface area contributed by atoms with Gasteiger partial charge in [-0.15, -0.1) is 0 Å². The van der Waals surface area contributed by atoms with Crippen LogP contribution in [0.15, 0.2) is 18.2 Å². The van der Waals surface area contributed by atoms with Crippen LogP contribution in [0.3, 0.4) is 0 Å². The van der Waals surface area contributed by atoms with Gasteiger partial charge in [0.15, 0.2) is 0 Å². The van der Waals surface area contributed by atoms with Gasteiger partial charge in [-0.2, -0.15) is 0 Å². The third kappa shape index (κ3) is 6.00. The monoisotopic (exact) mass is 248 g/mol. The Morgan fingerprint density at radius 1 is 1.17 bits per heavy atom. The molecule has 0 spiro atoms. The predicted octanol–water partition coefficient (Wildman–Crippen LogP) is 4.89. The molecule has 1 rings (SSSR count). The molecule has 102 valence electrons. The van der Waals surface area contributed by atoms with Crippen molar-refractivity contribution in [2.75, 3.05) is 0 Å². The topological polar surface area (TPSA) is 17.1 Å². The van der Waals surface area contributed by atoms with Crippen LogP contribution in [0, 0.1) is 6.92 Å². The average molecular weight is 248 g/mol. The molecule has 0 N–H and O–H groups in total. The number of hydrogen-bond donors (Lipinski definition) is 0. The lowest BCUT2D eigenvalue weighted by molar-refractivity contribution is -0.116. The summed E-state index contributed by atoms with van der Waals surface area (Å²) in [5, 5.41) is 0. The Morgan fingerprint density at radius 2 is 1.83 bits per heavy atom. The smallest absolute Gasteiger partial charge is 0.134 e. The first kappa shape index (κ1) is 16.9. The van der Waals surface area contributed by atoms with Gasteiger partial charge in [-0.05, 0) is 43.4 Å². The number of aryl methyl sites for hydroxylation is 2. The van der Waals surface area contributed by atoms with E-state index in [0.29, 0.717) is 6.42 Å². The number of Topliss-reactive ketones (excluding diaryl/α,β-unsaturated/α-hetero) is 1. The second kappa shape index (κ2) is 9.87. The molecule has 1 aromatic carbocycles. The second-order valence-corrected chi connectivity index (χ2v) is 4.55. The highest BCUT2D eigenvalue weighted by atomic mass is 16.1. The minimum atomic E-state index is 0.256. The van der Waals surface area contributed by atoms with E-state index in [1.165, 1.54) is 36.0 Å². The van der Waals surface area contributed by atoms with Gasteiger partial charge in [-0.25, -0.2) is 0 Å². The van der Waals surface area contributed by atoms with Gasteiger partial charge in [0.2, 0.25) is 0 Å².